The van der Waals surface area contributed by atoms with E-state index in [4.69, 9.17) is 23.2 Å². The zero-order valence-corrected chi connectivity index (χ0v) is 10.5. The van der Waals surface area contributed by atoms with Crippen LogP contribution in [0.25, 0.3) is 0 Å². The van der Waals surface area contributed by atoms with Gasteiger partial charge in [-0.15, -0.1) is 0 Å². The monoisotopic (exact) mass is 258 g/mol. The van der Waals surface area contributed by atoms with Crippen molar-refractivity contribution in [3.05, 3.63) is 33.8 Å². The van der Waals surface area contributed by atoms with E-state index < -0.39 is 0 Å². The maximum atomic E-state index is 11.2. The summed E-state index contributed by atoms with van der Waals surface area (Å²) in [6.07, 6.45) is 1.52. The second-order valence-electron chi connectivity index (χ2n) is 3.56. The Morgan fingerprint density at radius 3 is 2.62 bits per heavy atom. The molecule has 0 saturated carbocycles. The number of halogens is 2. The van der Waals surface area contributed by atoms with Gasteiger partial charge >= 0.3 is 0 Å². The second kappa shape index (κ2) is 5.87. The molecular formula is C11H12Cl2N2O. The van der Waals surface area contributed by atoms with E-state index >= 15 is 0 Å². The van der Waals surface area contributed by atoms with Gasteiger partial charge in [-0.1, -0.05) is 43.1 Å². The van der Waals surface area contributed by atoms with Gasteiger partial charge in [0.1, 0.15) is 0 Å². The summed E-state index contributed by atoms with van der Waals surface area (Å²) in [5.41, 5.74) is 3.20. The Hall–Kier alpha value is -1.06. The molecule has 0 heterocycles. The van der Waals surface area contributed by atoms with E-state index in [1.807, 2.05) is 0 Å². The number of hydrogen-bond acceptors (Lipinski definition) is 2. The van der Waals surface area contributed by atoms with E-state index in [1.165, 1.54) is 6.21 Å². The molecule has 0 spiro atoms. The third kappa shape index (κ3) is 3.83. The van der Waals surface area contributed by atoms with Crippen molar-refractivity contribution in [3.8, 4) is 0 Å². The summed E-state index contributed by atoms with van der Waals surface area (Å²) < 4.78 is 0. The molecule has 0 unspecified atom stereocenters. The van der Waals surface area contributed by atoms with Gasteiger partial charge in [-0.25, -0.2) is 5.43 Å². The molecule has 3 nitrogen and oxygen atoms in total. The van der Waals surface area contributed by atoms with Gasteiger partial charge in [-0.3, -0.25) is 4.79 Å². The van der Waals surface area contributed by atoms with Crippen molar-refractivity contribution >= 4 is 35.3 Å². The van der Waals surface area contributed by atoms with Crippen molar-refractivity contribution in [2.75, 3.05) is 0 Å². The van der Waals surface area contributed by atoms with Gasteiger partial charge in [0.05, 0.1) is 16.3 Å². The fourth-order valence-corrected chi connectivity index (χ4v) is 1.20. The Morgan fingerprint density at radius 1 is 1.38 bits per heavy atom. The predicted molar refractivity (Wildman–Crippen MR) is 67.0 cm³/mol. The topological polar surface area (TPSA) is 41.5 Å². The minimum absolute atomic E-state index is 0.0917. The third-order valence-electron chi connectivity index (χ3n) is 1.86. The van der Waals surface area contributed by atoms with Crippen LogP contribution in [0.4, 0.5) is 0 Å². The molecule has 0 atom stereocenters. The first-order valence-electron chi connectivity index (χ1n) is 4.78. The molecule has 0 bridgehead atoms. The van der Waals surface area contributed by atoms with Crippen molar-refractivity contribution in [3.63, 3.8) is 0 Å². The average molecular weight is 259 g/mol. The lowest BCUT2D eigenvalue weighted by Crippen LogP contribution is -2.22. The maximum absolute atomic E-state index is 11.2. The average Bonchev–Trinajstić information content (AvgIpc) is 2.23. The SMILES string of the molecule is CC(C)C(=O)NN=Cc1ccc(Cl)c(Cl)c1. The van der Waals surface area contributed by atoms with E-state index in [2.05, 4.69) is 10.5 Å². The fourth-order valence-electron chi connectivity index (χ4n) is 0.892. The molecule has 86 valence electrons. The van der Waals surface area contributed by atoms with E-state index in [0.717, 1.165) is 5.56 Å². The normalized spacial score (nSPS) is 11.1. The zero-order chi connectivity index (χ0) is 12.1. The lowest BCUT2D eigenvalue weighted by atomic mass is 10.2. The summed E-state index contributed by atoms with van der Waals surface area (Å²) in [7, 11) is 0. The minimum atomic E-state index is -0.128. The number of carbonyl (C=O) groups is 1. The number of nitrogens with one attached hydrogen (secondary N) is 1. The number of amides is 1. The van der Waals surface area contributed by atoms with Crippen molar-refractivity contribution < 1.29 is 4.79 Å². The van der Waals surface area contributed by atoms with E-state index in [9.17, 15) is 4.79 Å². The van der Waals surface area contributed by atoms with E-state index in [1.54, 1.807) is 32.0 Å². The molecule has 0 aliphatic carbocycles. The molecule has 0 saturated heterocycles. The van der Waals surface area contributed by atoms with Crippen molar-refractivity contribution in [1.29, 1.82) is 0 Å². The molecule has 1 N–H and O–H groups in total. The van der Waals surface area contributed by atoms with Crippen LogP contribution in [0.15, 0.2) is 23.3 Å². The fraction of sp³-hybridized carbons (Fsp3) is 0.273. The van der Waals surface area contributed by atoms with Gasteiger partial charge in [0, 0.05) is 5.92 Å². The minimum Gasteiger partial charge on any atom is -0.273 e. The highest BCUT2D eigenvalue weighted by Gasteiger charge is 2.03. The number of carbonyl (C=O) groups excluding carboxylic acids is 1. The van der Waals surface area contributed by atoms with Gasteiger partial charge in [0.25, 0.3) is 0 Å². The number of nitrogens with zero attached hydrogens (tertiary/aromatic N) is 1. The Bertz CT molecular complexity index is 416. The Labute approximate surface area is 104 Å². The molecule has 5 heteroatoms. The summed E-state index contributed by atoms with van der Waals surface area (Å²) in [6.45, 7) is 3.59. The van der Waals surface area contributed by atoms with E-state index in [0.29, 0.717) is 10.0 Å². The molecule has 16 heavy (non-hydrogen) atoms. The van der Waals surface area contributed by atoms with Gasteiger partial charge in [-0.05, 0) is 17.7 Å². The summed E-state index contributed by atoms with van der Waals surface area (Å²) in [6, 6.07) is 5.11. The largest absolute Gasteiger partial charge is 0.273 e. The molecule has 0 fully saturated rings. The van der Waals surface area contributed by atoms with Crippen LogP contribution in [0.2, 0.25) is 10.0 Å². The standard InChI is InChI=1S/C11H12Cl2N2O/c1-7(2)11(16)15-14-6-8-3-4-9(12)10(13)5-8/h3-7H,1-2H3,(H,15,16). The quantitative estimate of drug-likeness (QED) is 0.657. The van der Waals surface area contributed by atoms with Gasteiger partial charge in [-0.2, -0.15) is 5.10 Å². The first-order valence-corrected chi connectivity index (χ1v) is 5.54. The summed E-state index contributed by atoms with van der Waals surface area (Å²) >= 11 is 11.6. The molecule has 0 aliphatic heterocycles. The first-order chi connectivity index (χ1) is 7.50. The summed E-state index contributed by atoms with van der Waals surface area (Å²) in [4.78, 5) is 11.2. The van der Waals surface area contributed by atoms with Crippen LogP contribution >= 0.6 is 23.2 Å². The molecule has 1 amide bonds. The highest BCUT2D eigenvalue weighted by Crippen LogP contribution is 2.21. The molecule has 0 radical (unpaired) electrons. The van der Waals surface area contributed by atoms with Crippen LogP contribution in [-0.2, 0) is 4.79 Å². The Balaban J connectivity index is 2.63. The molecule has 0 aromatic heterocycles. The zero-order valence-electron chi connectivity index (χ0n) is 9.00. The predicted octanol–water partition coefficient (Wildman–Crippen LogP) is 3.10. The molecule has 1 aromatic rings. The summed E-state index contributed by atoms with van der Waals surface area (Å²) in [5.74, 6) is -0.220. The highest BCUT2D eigenvalue weighted by molar-refractivity contribution is 6.42. The number of hydrazone groups is 1. The molecular weight excluding hydrogens is 247 g/mol. The van der Waals surface area contributed by atoms with Gasteiger partial charge in [0.15, 0.2) is 0 Å². The molecule has 1 rings (SSSR count). The van der Waals surface area contributed by atoms with Crippen LogP contribution in [0.5, 0.6) is 0 Å². The Kier molecular flexibility index (Phi) is 4.77. The van der Waals surface area contributed by atoms with Gasteiger partial charge in [0.2, 0.25) is 5.91 Å². The highest BCUT2D eigenvalue weighted by atomic mass is 35.5. The number of rotatable bonds is 3. The van der Waals surface area contributed by atoms with Crippen molar-refractivity contribution in [2.45, 2.75) is 13.8 Å². The van der Waals surface area contributed by atoms with Crippen LogP contribution in [0.3, 0.4) is 0 Å². The molecule has 1 aromatic carbocycles. The third-order valence-corrected chi connectivity index (χ3v) is 2.60. The van der Waals surface area contributed by atoms with Crippen LogP contribution in [-0.4, -0.2) is 12.1 Å². The van der Waals surface area contributed by atoms with Crippen LogP contribution < -0.4 is 5.43 Å². The van der Waals surface area contributed by atoms with E-state index in [-0.39, 0.29) is 11.8 Å². The second-order valence-corrected chi connectivity index (χ2v) is 4.38. The Morgan fingerprint density at radius 2 is 2.06 bits per heavy atom. The maximum Gasteiger partial charge on any atom is 0.242 e. The van der Waals surface area contributed by atoms with Crippen LogP contribution in [0.1, 0.15) is 19.4 Å². The lowest BCUT2D eigenvalue weighted by molar-refractivity contribution is -0.123. The van der Waals surface area contributed by atoms with Crippen molar-refractivity contribution in [1.82, 2.24) is 5.43 Å². The van der Waals surface area contributed by atoms with Crippen LogP contribution in [0, 0.1) is 5.92 Å². The lowest BCUT2D eigenvalue weighted by Gasteiger charge is -2.01. The summed E-state index contributed by atoms with van der Waals surface area (Å²) in [5, 5.41) is 4.76. The van der Waals surface area contributed by atoms with Crippen molar-refractivity contribution in [2.24, 2.45) is 11.0 Å². The smallest absolute Gasteiger partial charge is 0.242 e. The number of benzene rings is 1. The van der Waals surface area contributed by atoms with Gasteiger partial charge < -0.3 is 0 Å². The number of hydrogen-bond donors (Lipinski definition) is 1. The first kappa shape index (κ1) is 13.0. The molecule has 0 aliphatic rings.